The number of aryl methyl sites for hydroxylation is 1. The first-order valence-corrected chi connectivity index (χ1v) is 9.38. The van der Waals surface area contributed by atoms with E-state index in [4.69, 9.17) is 10.5 Å². The SMILES string of the molecule is C.Cc1cnc2c(n1)C(Br)=CC2.Nc1cnc2c(n1)C(Br)=CC2.O=CC(F)(F)F. The summed E-state index contributed by atoms with van der Waals surface area (Å²) in [5.41, 5.74) is 10.4. The molecule has 0 aromatic carbocycles. The van der Waals surface area contributed by atoms with Crippen molar-refractivity contribution < 1.29 is 18.0 Å². The second-order valence-corrected chi connectivity index (χ2v) is 7.28. The number of allylic oxidation sites excluding steroid dienone is 2. The normalized spacial score (nSPS) is 13.3. The molecule has 0 amide bonds. The maximum Gasteiger partial charge on any atom is 0.446 e. The van der Waals surface area contributed by atoms with Crippen LogP contribution in [0.1, 0.15) is 35.9 Å². The number of carbonyl (C=O) groups is 1. The Hall–Kier alpha value is -2.14. The predicted molar refractivity (Wildman–Crippen MR) is 113 cm³/mol. The monoisotopic (exact) mass is 535 g/mol. The lowest BCUT2D eigenvalue weighted by Gasteiger charge is -1.98. The van der Waals surface area contributed by atoms with Crippen LogP contribution in [-0.4, -0.2) is 32.4 Å². The summed E-state index contributed by atoms with van der Waals surface area (Å²) in [5, 5.41) is 0. The van der Waals surface area contributed by atoms with E-state index in [0.717, 1.165) is 50.3 Å². The van der Waals surface area contributed by atoms with E-state index in [-0.39, 0.29) is 7.43 Å². The standard InChI is InChI=1S/C8H7BrN2.C7H6BrN3.C2HF3O.CH4/c1-5-4-10-7-3-2-6(9)8(7)11-5;8-4-1-2-5-7(4)11-6(9)3-10-5;3-2(4,5)1-6;/h2,4H,3H2,1H3;1,3H,2H2,(H2,9,11);1H;1H4. The fourth-order valence-corrected chi connectivity index (χ4v) is 3.14. The van der Waals surface area contributed by atoms with Gasteiger partial charge in [0.2, 0.25) is 6.29 Å². The minimum absolute atomic E-state index is 0. The van der Waals surface area contributed by atoms with Crippen molar-refractivity contribution in [3.8, 4) is 0 Å². The zero-order chi connectivity index (χ0) is 20.9. The largest absolute Gasteiger partial charge is 0.446 e. The molecule has 2 aliphatic rings. The molecule has 0 bridgehead atoms. The number of aromatic nitrogens is 4. The van der Waals surface area contributed by atoms with Crippen molar-refractivity contribution in [3.05, 3.63) is 53.0 Å². The molecule has 6 nitrogen and oxygen atoms in total. The van der Waals surface area contributed by atoms with E-state index in [2.05, 4.69) is 57.9 Å². The highest BCUT2D eigenvalue weighted by atomic mass is 79.9. The number of halogens is 5. The van der Waals surface area contributed by atoms with Crippen LogP contribution in [-0.2, 0) is 17.6 Å². The Morgan fingerprint density at radius 1 is 1.00 bits per heavy atom. The van der Waals surface area contributed by atoms with E-state index in [1.54, 1.807) is 12.4 Å². The van der Waals surface area contributed by atoms with Crippen molar-refractivity contribution in [2.75, 3.05) is 5.73 Å². The number of rotatable bonds is 0. The van der Waals surface area contributed by atoms with Gasteiger partial charge < -0.3 is 5.73 Å². The molecule has 0 saturated heterocycles. The van der Waals surface area contributed by atoms with Crippen molar-refractivity contribution >= 4 is 52.9 Å². The summed E-state index contributed by atoms with van der Waals surface area (Å²) in [4.78, 5) is 25.6. The van der Waals surface area contributed by atoms with E-state index >= 15 is 0 Å². The Balaban J connectivity index is 0.000000225. The quantitative estimate of drug-likeness (QED) is 0.485. The first-order chi connectivity index (χ1) is 13.1. The number of nitrogen functional groups attached to an aromatic ring is 1. The Morgan fingerprint density at radius 2 is 1.45 bits per heavy atom. The lowest BCUT2D eigenvalue weighted by atomic mass is 10.3. The number of aldehydes is 1. The second-order valence-electron chi connectivity index (χ2n) is 5.57. The Kier molecular flexibility index (Phi) is 9.09. The molecule has 2 heterocycles. The molecule has 156 valence electrons. The number of alkyl halides is 3. The Morgan fingerprint density at radius 3 is 1.93 bits per heavy atom. The lowest BCUT2D eigenvalue weighted by molar-refractivity contribution is -0.156. The average molecular weight is 537 g/mol. The summed E-state index contributed by atoms with van der Waals surface area (Å²) in [6.07, 6.45) is 3.56. The van der Waals surface area contributed by atoms with Gasteiger partial charge in [-0.3, -0.25) is 14.8 Å². The topological polar surface area (TPSA) is 94.7 Å². The third-order valence-electron chi connectivity index (χ3n) is 3.37. The zero-order valence-corrected chi connectivity index (χ0v) is 17.6. The number of nitrogens with two attached hydrogens (primary N) is 1. The molecule has 0 saturated carbocycles. The highest BCUT2D eigenvalue weighted by Crippen LogP contribution is 2.29. The fraction of sp³-hybridized carbons (Fsp3) is 0.278. The summed E-state index contributed by atoms with van der Waals surface area (Å²) >= 11 is 6.80. The number of carbonyl (C=O) groups excluding carboxylic acids is 1. The van der Waals surface area contributed by atoms with Crippen LogP contribution < -0.4 is 5.73 Å². The first kappa shape index (κ1) is 24.9. The molecule has 0 spiro atoms. The molecular weight excluding hydrogens is 519 g/mol. The molecule has 2 aromatic heterocycles. The van der Waals surface area contributed by atoms with E-state index in [1.807, 2.05) is 13.0 Å². The lowest BCUT2D eigenvalue weighted by Crippen LogP contribution is -2.07. The van der Waals surface area contributed by atoms with Crippen LogP contribution in [0.15, 0.2) is 24.5 Å². The smallest absolute Gasteiger partial charge is 0.382 e. The van der Waals surface area contributed by atoms with Crippen LogP contribution in [0, 0.1) is 6.92 Å². The molecule has 0 atom stereocenters. The fourth-order valence-electron chi connectivity index (χ4n) is 2.18. The van der Waals surface area contributed by atoms with Crippen LogP contribution in [0.3, 0.4) is 0 Å². The van der Waals surface area contributed by atoms with Gasteiger partial charge >= 0.3 is 6.18 Å². The maximum absolute atomic E-state index is 10.4. The van der Waals surface area contributed by atoms with Gasteiger partial charge in [0.25, 0.3) is 0 Å². The van der Waals surface area contributed by atoms with Gasteiger partial charge in [0.1, 0.15) is 11.5 Å². The molecule has 0 unspecified atom stereocenters. The van der Waals surface area contributed by atoms with Crippen LogP contribution in [0.25, 0.3) is 8.96 Å². The number of anilines is 1. The molecule has 4 rings (SSSR count). The summed E-state index contributed by atoms with van der Waals surface area (Å²) < 4.78 is 33.3. The molecule has 2 aliphatic carbocycles. The van der Waals surface area contributed by atoms with Gasteiger partial charge in [-0.2, -0.15) is 13.2 Å². The summed E-state index contributed by atoms with van der Waals surface area (Å²) in [6, 6.07) is 0. The van der Waals surface area contributed by atoms with Crippen LogP contribution >= 0.6 is 31.9 Å². The van der Waals surface area contributed by atoms with Gasteiger partial charge in [-0.25, -0.2) is 9.97 Å². The van der Waals surface area contributed by atoms with Gasteiger partial charge in [0.15, 0.2) is 0 Å². The molecule has 11 heteroatoms. The van der Waals surface area contributed by atoms with Crippen molar-refractivity contribution in [1.82, 2.24) is 19.9 Å². The molecule has 29 heavy (non-hydrogen) atoms. The van der Waals surface area contributed by atoms with Crippen LogP contribution in [0.4, 0.5) is 19.0 Å². The molecule has 0 aliphatic heterocycles. The average Bonchev–Trinajstić information content (AvgIpc) is 3.19. The highest BCUT2D eigenvalue weighted by Gasteiger charge is 2.24. The summed E-state index contributed by atoms with van der Waals surface area (Å²) in [6.45, 7) is 1.95. The molecule has 2 N–H and O–H groups in total. The third-order valence-corrected chi connectivity index (χ3v) is 4.77. The Labute approximate surface area is 182 Å². The van der Waals surface area contributed by atoms with Crippen molar-refractivity contribution in [2.24, 2.45) is 0 Å². The van der Waals surface area contributed by atoms with E-state index in [9.17, 15) is 13.2 Å². The molecule has 0 radical (unpaired) electrons. The van der Waals surface area contributed by atoms with E-state index in [1.165, 1.54) is 0 Å². The second kappa shape index (κ2) is 10.6. The first-order valence-electron chi connectivity index (χ1n) is 7.79. The van der Waals surface area contributed by atoms with Gasteiger partial charge in [-0.1, -0.05) is 19.6 Å². The van der Waals surface area contributed by atoms with E-state index in [0.29, 0.717) is 5.82 Å². The Bertz CT molecular complexity index is 878. The number of nitrogens with zero attached hydrogens (tertiary/aromatic N) is 4. The number of hydrogen-bond donors (Lipinski definition) is 1. The van der Waals surface area contributed by atoms with Crippen molar-refractivity contribution in [1.29, 1.82) is 0 Å². The van der Waals surface area contributed by atoms with Gasteiger partial charge in [0.05, 0.1) is 29.0 Å². The summed E-state index contributed by atoms with van der Waals surface area (Å²) in [5.74, 6) is 0.469. The van der Waals surface area contributed by atoms with Gasteiger partial charge in [0, 0.05) is 28.0 Å². The molecule has 0 fully saturated rings. The number of hydrogen-bond acceptors (Lipinski definition) is 6. The number of fused-ring (bicyclic) bond motifs is 2. The minimum Gasteiger partial charge on any atom is -0.382 e. The predicted octanol–water partition coefficient (Wildman–Crippen LogP) is 4.81. The van der Waals surface area contributed by atoms with Crippen molar-refractivity contribution in [3.63, 3.8) is 0 Å². The zero-order valence-electron chi connectivity index (χ0n) is 14.5. The molecule has 2 aromatic rings. The minimum atomic E-state index is -4.64. The third kappa shape index (κ3) is 7.32. The van der Waals surface area contributed by atoms with Crippen molar-refractivity contribution in [2.45, 2.75) is 33.4 Å². The highest BCUT2D eigenvalue weighted by molar-refractivity contribution is 9.15. The van der Waals surface area contributed by atoms with Crippen LogP contribution in [0.5, 0.6) is 0 Å². The van der Waals surface area contributed by atoms with Gasteiger partial charge in [-0.15, -0.1) is 0 Å². The van der Waals surface area contributed by atoms with Crippen LogP contribution in [0.2, 0.25) is 0 Å². The molecular formula is C18H18Br2F3N5O. The maximum atomic E-state index is 10.4. The summed E-state index contributed by atoms with van der Waals surface area (Å²) in [7, 11) is 0. The van der Waals surface area contributed by atoms with Gasteiger partial charge in [-0.05, 0) is 38.8 Å². The van der Waals surface area contributed by atoms with E-state index < -0.39 is 12.5 Å².